The molecule has 0 saturated carbocycles. The van der Waals surface area contributed by atoms with Gasteiger partial charge in [0, 0.05) is 5.69 Å². The summed E-state index contributed by atoms with van der Waals surface area (Å²) in [4.78, 5) is 12.2. The lowest BCUT2D eigenvalue weighted by atomic mass is 9.93. The first-order valence-electron chi connectivity index (χ1n) is 7.54. The second-order valence-electron chi connectivity index (χ2n) is 5.50. The molecule has 0 bridgehead atoms. The van der Waals surface area contributed by atoms with Crippen molar-refractivity contribution in [3.05, 3.63) is 29.8 Å². The summed E-state index contributed by atoms with van der Waals surface area (Å²) >= 11 is 0. The number of hydrogen-bond acceptors (Lipinski definition) is 3. The van der Waals surface area contributed by atoms with Crippen LogP contribution in [0.3, 0.4) is 0 Å². The summed E-state index contributed by atoms with van der Waals surface area (Å²) in [5.74, 6) is -0.170. The molecule has 1 N–H and O–H groups in total. The summed E-state index contributed by atoms with van der Waals surface area (Å²) < 4.78 is 5.23. The Bertz CT molecular complexity index is 414. The number of nitrogens with one attached hydrogen (secondary N) is 1. The third kappa shape index (κ3) is 4.87. The zero-order chi connectivity index (χ0) is 15.0. The van der Waals surface area contributed by atoms with Crippen molar-refractivity contribution >= 4 is 11.7 Å². The first kappa shape index (κ1) is 16.5. The Morgan fingerprint density at radius 2 is 1.85 bits per heavy atom. The highest BCUT2D eigenvalue weighted by molar-refractivity contribution is 5.84. The van der Waals surface area contributed by atoms with E-state index < -0.39 is 5.54 Å². The minimum absolute atomic E-state index is 0.170. The highest BCUT2D eigenvalue weighted by atomic mass is 16.5. The minimum atomic E-state index is -0.652. The quantitative estimate of drug-likeness (QED) is 0.568. The first-order chi connectivity index (χ1) is 9.51. The van der Waals surface area contributed by atoms with Gasteiger partial charge in [0.2, 0.25) is 0 Å². The van der Waals surface area contributed by atoms with E-state index >= 15 is 0 Å². The number of carbonyl (C=O) groups is 1. The van der Waals surface area contributed by atoms with Crippen LogP contribution in [0.15, 0.2) is 24.3 Å². The fraction of sp³-hybridized carbons (Fsp3) is 0.588. The van der Waals surface area contributed by atoms with Crippen molar-refractivity contribution in [3.8, 4) is 0 Å². The van der Waals surface area contributed by atoms with Crippen LogP contribution in [0.1, 0.15) is 52.0 Å². The summed E-state index contributed by atoms with van der Waals surface area (Å²) in [6.07, 6.45) is 4.08. The Labute approximate surface area is 122 Å². The van der Waals surface area contributed by atoms with Crippen molar-refractivity contribution in [3.63, 3.8) is 0 Å². The molecule has 1 rings (SSSR count). The van der Waals surface area contributed by atoms with E-state index in [1.807, 2.05) is 38.1 Å². The van der Waals surface area contributed by atoms with Gasteiger partial charge in [-0.05, 0) is 39.3 Å². The third-order valence-electron chi connectivity index (χ3n) is 3.48. The maximum absolute atomic E-state index is 12.2. The molecule has 0 spiro atoms. The summed E-state index contributed by atoms with van der Waals surface area (Å²) in [6, 6.07) is 8.10. The van der Waals surface area contributed by atoms with Gasteiger partial charge < -0.3 is 10.1 Å². The fourth-order valence-electron chi connectivity index (χ4n) is 2.19. The molecule has 20 heavy (non-hydrogen) atoms. The lowest BCUT2D eigenvalue weighted by molar-refractivity contribution is -0.148. The van der Waals surface area contributed by atoms with Crippen molar-refractivity contribution in [1.29, 1.82) is 0 Å². The molecule has 0 fully saturated rings. The van der Waals surface area contributed by atoms with Crippen molar-refractivity contribution < 1.29 is 9.53 Å². The predicted octanol–water partition coefficient (Wildman–Crippen LogP) is 4.31. The Hall–Kier alpha value is -1.51. The Balaban J connectivity index is 2.80. The number of aryl methyl sites for hydroxylation is 1. The van der Waals surface area contributed by atoms with Gasteiger partial charge in [-0.1, -0.05) is 43.9 Å². The van der Waals surface area contributed by atoms with Gasteiger partial charge in [0.1, 0.15) is 5.54 Å². The summed E-state index contributed by atoms with van der Waals surface area (Å²) in [5.41, 5.74) is 1.52. The second kappa shape index (κ2) is 7.93. The fourth-order valence-corrected chi connectivity index (χ4v) is 2.19. The number of benzene rings is 1. The molecule has 0 aliphatic carbocycles. The van der Waals surface area contributed by atoms with E-state index in [9.17, 15) is 4.79 Å². The molecule has 0 amide bonds. The molecule has 1 atom stereocenters. The van der Waals surface area contributed by atoms with Crippen LogP contribution in [-0.2, 0) is 9.53 Å². The number of unbranched alkanes of at least 4 members (excludes halogenated alkanes) is 2. The first-order valence-corrected chi connectivity index (χ1v) is 7.54. The monoisotopic (exact) mass is 277 g/mol. The highest BCUT2D eigenvalue weighted by Gasteiger charge is 2.34. The maximum atomic E-state index is 12.2. The molecule has 1 aromatic rings. The Kier molecular flexibility index (Phi) is 6.56. The van der Waals surface area contributed by atoms with Gasteiger partial charge in [-0.2, -0.15) is 0 Å². The lowest BCUT2D eigenvalue weighted by Crippen LogP contribution is -2.44. The number of anilines is 1. The molecule has 0 aliphatic rings. The van der Waals surface area contributed by atoms with E-state index in [-0.39, 0.29) is 5.97 Å². The molecule has 0 aliphatic heterocycles. The molecule has 3 heteroatoms. The zero-order valence-corrected chi connectivity index (χ0v) is 13.2. The normalized spacial score (nSPS) is 13.6. The molecule has 3 nitrogen and oxygen atoms in total. The number of ether oxygens (including phenoxy) is 1. The van der Waals surface area contributed by atoms with Gasteiger partial charge >= 0.3 is 5.97 Å². The van der Waals surface area contributed by atoms with Crippen LogP contribution in [0.25, 0.3) is 0 Å². The number of rotatable bonds is 8. The van der Waals surface area contributed by atoms with E-state index in [0.29, 0.717) is 6.61 Å². The number of carbonyl (C=O) groups excluding carboxylic acids is 1. The van der Waals surface area contributed by atoms with E-state index in [0.717, 1.165) is 31.4 Å². The molecule has 1 unspecified atom stereocenters. The second-order valence-corrected chi connectivity index (χ2v) is 5.50. The van der Waals surface area contributed by atoms with Gasteiger partial charge in [-0.15, -0.1) is 0 Å². The summed E-state index contributed by atoms with van der Waals surface area (Å²) in [5, 5.41) is 3.35. The number of esters is 1. The van der Waals surface area contributed by atoms with Crippen molar-refractivity contribution in [2.24, 2.45) is 0 Å². The van der Waals surface area contributed by atoms with Gasteiger partial charge in [-0.25, -0.2) is 4.79 Å². The Morgan fingerprint density at radius 1 is 1.20 bits per heavy atom. The predicted molar refractivity (Wildman–Crippen MR) is 84.0 cm³/mol. The van der Waals surface area contributed by atoms with E-state index in [1.54, 1.807) is 0 Å². The molecular weight excluding hydrogens is 250 g/mol. The average Bonchev–Trinajstić information content (AvgIpc) is 2.42. The van der Waals surface area contributed by atoms with Crippen LogP contribution in [0.2, 0.25) is 0 Å². The SMILES string of the molecule is CCCCCC(C)(Nc1ccc(C)cc1)C(=O)OCC. The van der Waals surface area contributed by atoms with Gasteiger partial charge in [-0.3, -0.25) is 0 Å². The topological polar surface area (TPSA) is 38.3 Å². The molecule has 0 saturated heterocycles. The summed E-state index contributed by atoms with van der Waals surface area (Å²) in [6.45, 7) is 8.40. The van der Waals surface area contributed by atoms with E-state index in [2.05, 4.69) is 19.2 Å². The van der Waals surface area contributed by atoms with Crippen LogP contribution >= 0.6 is 0 Å². The molecule has 1 aromatic carbocycles. The molecule has 112 valence electrons. The van der Waals surface area contributed by atoms with Crippen molar-refractivity contribution in [2.45, 2.75) is 58.9 Å². The van der Waals surface area contributed by atoms with Crippen molar-refractivity contribution in [2.75, 3.05) is 11.9 Å². The smallest absolute Gasteiger partial charge is 0.331 e. The van der Waals surface area contributed by atoms with E-state index in [4.69, 9.17) is 4.74 Å². The van der Waals surface area contributed by atoms with Gasteiger partial charge in [0.25, 0.3) is 0 Å². The highest BCUT2D eigenvalue weighted by Crippen LogP contribution is 2.23. The molecular formula is C17H27NO2. The lowest BCUT2D eigenvalue weighted by Gasteiger charge is -2.29. The van der Waals surface area contributed by atoms with Crippen LogP contribution in [-0.4, -0.2) is 18.1 Å². The standard InChI is InChI=1S/C17H27NO2/c1-5-7-8-13-17(4,16(19)20-6-2)18-15-11-9-14(3)10-12-15/h9-12,18H,5-8,13H2,1-4H3. The Morgan fingerprint density at radius 3 is 2.40 bits per heavy atom. The van der Waals surface area contributed by atoms with E-state index in [1.165, 1.54) is 5.56 Å². The van der Waals surface area contributed by atoms with Crippen LogP contribution < -0.4 is 5.32 Å². The zero-order valence-electron chi connectivity index (χ0n) is 13.2. The molecule has 0 aromatic heterocycles. The largest absolute Gasteiger partial charge is 0.464 e. The van der Waals surface area contributed by atoms with Crippen LogP contribution in [0, 0.1) is 6.92 Å². The maximum Gasteiger partial charge on any atom is 0.331 e. The van der Waals surface area contributed by atoms with Gasteiger partial charge in [0.15, 0.2) is 0 Å². The number of hydrogen-bond donors (Lipinski definition) is 1. The summed E-state index contributed by atoms with van der Waals surface area (Å²) in [7, 11) is 0. The van der Waals surface area contributed by atoms with Crippen molar-refractivity contribution in [1.82, 2.24) is 0 Å². The molecule has 0 heterocycles. The molecule has 0 radical (unpaired) electrons. The van der Waals surface area contributed by atoms with Crippen LogP contribution in [0.4, 0.5) is 5.69 Å². The third-order valence-corrected chi connectivity index (χ3v) is 3.48. The van der Waals surface area contributed by atoms with Gasteiger partial charge in [0.05, 0.1) is 6.61 Å². The van der Waals surface area contributed by atoms with Crippen LogP contribution in [0.5, 0.6) is 0 Å². The average molecular weight is 277 g/mol. The minimum Gasteiger partial charge on any atom is -0.464 e.